The smallest absolute Gasteiger partial charge is 0.274 e. The summed E-state index contributed by atoms with van der Waals surface area (Å²) in [6.45, 7) is 2.81. The van der Waals surface area contributed by atoms with Crippen LogP contribution in [0.3, 0.4) is 0 Å². The second kappa shape index (κ2) is 8.42. The Morgan fingerprint density at radius 1 is 1.20 bits per heavy atom. The lowest BCUT2D eigenvalue weighted by Crippen LogP contribution is -2.15. The summed E-state index contributed by atoms with van der Waals surface area (Å²) in [5, 5.41) is 6.16. The molecular weight excluding hydrogens is 312 g/mol. The van der Waals surface area contributed by atoms with Crippen LogP contribution in [0.1, 0.15) is 48.2 Å². The fourth-order valence-electron chi connectivity index (χ4n) is 2.98. The van der Waals surface area contributed by atoms with Crippen LogP contribution in [0.4, 0.5) is 11.5 Å². The Hall–Kier alpha value is -2.69. The highest BCUT2D eigenvalue weighted by Crippen LogP contribution is 2.20. The van der Waals surface area contributed by atoms with E-state index in [9.17, 15) is 4.79 Å². The minimum Gasteiger partial charge on any atom is -0.370 e. The van der Waals surface area contributed by atoms with E-state index < -0.39 is 0 Å². The molecule has 130 valence electrons. The average molecular weight is 336 g/mol. The highest BCUT2D eigenvalue weighted by atomic mass is 16.1. The number of amides is 1. The van der Waals surface area contributed by atoms with Crippen LogP contribution in [-0.2, 0) is 0 Å². The van der Waals surface area contributed by atoms with Gasteiger partial charge in [0.25, 0.3) is 5.91 Å². The van der Waals surface area contributed by atoms with Gasteiger partial charge in [0.15, 0.2) is 0 Å². The molecule has 0 aliphatic heterocycles. The van der Waals surface area contributed by atoms with Crippen LogP contribution in [0.5, 0.6) is 0 Å². The van der Waals surface area contributed by atoms with Crippen molar-refractivity contribution in [3.8, 4) is 0 Å². The first kappa shape index (κ1) is 17.1. The molecule has 1 heterocycles. The molecule has 0 atom stereocenters. The Balaban J connectivity index is 1.56. The van der Waals surface area contributed by atoms with E-state index in [-0.39, 0.29) is 5.91 Å². The van der Waals surface area contributed by atoms with Gasteiger partial charge < -0.3 is 10.6 Å². The van der Waals surface area contributed by atoms with Gasteiger partial charge >= 0.3 is 0 Å². The SMILES string of the molecule is Cc1cccc(NC(=O)c2cc(NCCC3=CCCCC3)ncn2)c1. The second-order valence-corrected chi connectivity index (χ2v) is 6.40. The summed E-state index contributed by atoms with van der Waals surface area (Å²) >= 11 is 0. The molecule has 1 aromatic heterocycles. The molecule has 25 heavy (non-hydrogen) atoms. The number of nitrogens with zero attached hydrogens (tertiary/aromatic N) is 2. The molecule has 2 N–H and O–H groups in total. The van der Waals surface area contributed by atoms with E-state index in [1.54, 1.807) is 6.07 Å². The first-order valence-corrected chi connectivity index (χ1v) is 8.82. The fourth-order valence-corrected chi connectivity index (χ4v) is 2.98. The molecule has 0 spiro atoms. The van der Waals surface area contributed by atoms with Crippen molar-refractivity contribution in [2.75, 3.05) is 17.2 Å². The molecule has 0 saturated carbocycles. The molecule has 2 aromatic rings. The highest BCUT2D eigenvalue weighted by Gasteiger charge is 2.10. The zero-order chi connectivity index (χ0) is 17.5. The zero-order valence-electron chi connectivity index (χ0n) is 14.6. The number of nitrogens with one attached hydrogen (secondary N) is 2. The van der Waals surface area contributed by atoms with Gasteiger partial charge in [0.1, 0.15) is 17.8 Å². The Kier molecular flexibility index (Phi) is 5.77. The predicted octanol–water partition coefficient (Wildman–Crippen LogP) is 4.34. The molecule has 5 heteroatoms. The summed E-state index contributed by atoms with van der Waals surface area (Å²) in [7, 11) is 0. The third-order valence-corrected chi connectivity index (χ3v) is 4.31. The summed E-state index contributed by atoms with van der Waals surface area (Å²) in [6, 6.07) is 9.39. The molecule has 1 aliphatic rings. The number of hydrogen-bond donors (Lipinski definition) is 2. The van der Waals surface area contributed by atoms with E-state index in [1.807, 2.05) is 31.2 Å². The van der Waals surface area contributed by atoms with Crippen LogP contribution in [0.15, 0.2) is 48.3 Å². The average Bonchev–Trinajstić information content (AvgIpc) is 2.63. The monoisotopic (exact) mass is 336 g/mol. The van der Waals surface area contributed by atoms with Crippen LogP contribution in [0.25, 0.3) is 0 Å². The number of hydrogen-bond acceptors (Lipinski definition) is 4. The van der Waals surface area contributed by atoms with E-state index in [0.29, 0.717) is 11.5 Å². The van der Waals surface area contributed by atoms with Gasteiger partial charge in [0.05, 0.1) is 0 Å². The summed E-state index contributed by atoms with van der Waals surface area (Å²) < 4.78 is 0. The topological polar surface area (TPSA) is 66.9 Å². The number of benzene rings is 1. The molecule has 0 radical (unpaired) electrons. The normalized spacial score (nSPS) is 13.9. The molecular formula is C20H24N4O. The largest absolute Gasteiger partial charge is 0.370 e. The maximum absolute atomic E-state index is 12.4. The van der Waals surface area contributed by atoms with Crippen LogP contribution < -0.4 is 10.6 Å². The van der Waals surface area contributed by atoms with Crippen LogP contribution in [-0.4, -0.2) is 22.4 Å². The van der Waals surface area contributed by atoms with Gasteiger partial charge in [-0.15, -0.1) is 0 Å². The maximum Gasteiger partial charge on any atom is 0.274 e. The number of allylic oxidation sites excluding steroid dienone is 1. The molecule has 3 rings (SSSR count). The summed E-state index contributed by atoms with van der Waals surface area (Å²) in [5.41, 5.74) is 3.74. The molecule has 0 bridgehead atoms. The van der Waals surface area contributed by atoms with Crippen LogP contribution in [0, 0.1) is 6.92 Å². The molecule has 1 aliphatic carbocycles. The van der Waals surface area contributed by atoms with Crippen molar-refractivity contribution in [1.82, 2.24) is 9.97 Å². The molecule has 1 aromatic carbocycles. The van der Waals surface area contributed by atoms with E-state index >= 15 is 0 Å². The lowest BCUT2D eigenvalue weighted by Gasteiger charge is -2.13. The lowest BCUT2D eigenvalue weighted by molar-refractivity contribution is 0.102. The standard InChI is InChI=1S/C20H24N4O/c1-15-6-5-9-17(12-15)24-20(25)18-13-19(23-14-22-18)21-11-10-16-7-3-2-4-8-16/h5-7,9,12-14H,2-4,8,10-11H2,1H3,(H,24,25)(H,21,22,23). The van der Waals surface area contributed by atoms with Gasteiger partial charge in [-0.1, -0.05) is 23.8 Å². The number of anilines is 2. The predicted molar refractivity (Wildman–Crippen MR) is 101 cm³/mol. The number of carbonyl (C=O) groups is 1. The van der Waals surface area contributed by atoms with Gasteiger partial charge in [-0.05, 0) is 56.7 Å². The Labute approximate surface area is 148 Å². The maximum atomic E-state index is 12.4. The Bertz CT molecular complexity index is 770. The van der Waals surface area contributed by atoms with Crippen molar-refractivity contribution in [2.45, 2.75) is 39.0 Å². The lowest BCUT2D eigenvalue weighted by atomic mass is 9.97. The van der Waals surface area contributed by atoms with Crippen molar-refractivity contribution in [2.24, 2.45) is 0 Å². The van der Waals surface area contributed by atoms with Gasteiger partial charge in [-0.2, -0.15) is 0 Å². The molecule has 5 nitrogen and oxygen atoms in total. The minimum atomic E-state index is -0.231. The van der Waals surface area contributed by atoms with Crippen molar-refractivity contribution in [1.29, 1.82) is 0 Å². The summed E-state index contributed by atoms with van der Waals surface area (Å²) in [5.74, 6) is 0.451. The molecule has 0 saturated heterocycles. The zero-order valence-corrected chi connectivity index (χ0v) is 14.6. The van der Waals surface area contributed by atoms with Crippen molar-refractivity contribution >= 4 is 17.4 Å². The number of carbonyl (C=O) groups excluding carboxylic acids is 1. The van der Waals surface area contributed by atoms with E-state index in [2.05, 4.69) is 26.7 Å². The Morgan fingerprint density at radius 2 is 2.12 bits per heavy atom. The molecule has 1 amide bonds. The first-order valence-electron chi connectivity index (χ1n) is 8.82. The highest BCUT2D eigenvalue weighted by molar-refractivity contribution is 6.03. The van der Waals surface area contributed by atoms with Gasteiger partial charge in [0, 0.05) is 18.3 Å². The first-order chi connectivity index (χ1) is 12.2. The van der Waals surface area contributed by atoms with Crippen LogP contribution >= 0.6 is 0 Å². The Morgan fingerprint density at radius 3 is 2.92 bits per heavy atom. The van der Waals surface area contributed by atoms with Crippen molar-refractivity contribution in [3.63, 3.8) is 0 Å². The van der Waals surface area contributed by atoms with Crippen LogP contribution in [0.2, 0.25) is 0 Å². The summed E-state index contributed by atoms with van der Waals surface area (Å²) in [4.78, 5) is 20.6. The van der Waals surface area contributed by atoms with Gasteiger partial charge in [-0.25, -0.2) is 9.97 Å². The number of aromatic nitrogens is 2. The van der Waals surface area contributed by atoms with Crippen molar-refractivity contribution in [3.05, 3.63) is 59.6 Å². The fraction of sp³-hybridized carbons (Fsp3) is 0.350. The number of aryl methyl sites for hydroxylation is 1. The summed E-state index contributed by atoms with van der Waals surface area (Å²) in [6.07, 6.45) is 9.81. The molecule has 0 unspecified atom stereocenters. The van der Waals surface area contributed by atoms with E-state index in [0.717, 1.165) is 24.2 Å². The minimum absolute atomic E-state index is 0.231. The molecule has 0 fully saturated rings. The third kappa shape index (κ3) is 5.14. The van der Waals surface area contributed by atoms with Gasteiger partial charge in [0.2, 0.25) is 0 Å². The van der Waals surface area contributed by atoms with E-state index in [1.165, 1.54) is 37.6 Å². The quantitative estimate of drug-likeness (QED) is 0.770. The second-order valence-electron chi connectivity index (χ2n) is 6.40. The van der Waals surface area contributed by atoms with E-state index in [4.69, 9.17) is 0 Å². The number of rotatable bonds is 6. The van der Waals surface area contributed by atoms with Crippen molar-refractivity contribution < 1.29 is 4.79 Å². The third-order valence-electron chi connectivity index (χ3n) is 4.31. The van der Waals surface area contributed by atoms with Gasteiger partial charge in [-0.3, -0.25) is 4.79 Å².